The number of halogens is 4. The number of amides is 2. The fourth-order valence-electron chi connectivity index (χ4n) is 1.68. The Hall–Kier alpha value is -2.10. The lowest BCUT2D eigenvalue weighted by Gasteiger charge is -2.10. The first-order chi connectivity index (χ1) is 10.8. The summed E-state index contributed by atoms with van der Waals surface area (Å²) in [6.07, 6.45) is -4.52. The molecule has 0 aliphatic rings. The van der Waals surface area contributed by atoms with E-state index < -0.39 is 23.6 Å². The molecule has 2 aromatic carbocycles. The van der Waals surface area contributed by atoms with Crippen LogP contribution in [0.1, 0.15) is 5.56 Å². The Morgan fingerprint density at radius 2 is 1.43 bits per heavy atom. The zero-order valence-electron chi connectivity index (χ0n) is 11.4. The molecule has 2 rings (SSSR count). The summed E-state index contributed by atoms with van der Waals surface area (Å²) in [5.41, 5.74) is -0.606. The minimum atomic E-state index is -4.52. The Labute approximate surface area is 143 Å². The standard InChI is InChI=1S/C15H10F3IN2O2/c16-15(17,18)9-2-1-3-12(8-9)21-14(23)13(22)20-11-6-4-10(19)5-7-11/h1-8H,(H,20,22)(H,21,23). The molecule has 0 bridgehead atoms. The number of alkyl halides is 3. The average Bonchev–Trinajstić information content (AvgIpc) is 2.49. The molecule has 2 aromatic rings. The lowest BCUT2D eigenvalue weighted by Crippen LogP contribution is -2.29. The summed E-state index contributed by atoms with van der Waals surface area (Å²) < 4.78 is 38.7. The van der Waals surface area contributed by atoms with Crippen LogP contribution in [0.3, 0.4) is 0 Å². The predicted octanol–water partition coefficient (Wildman–Crippen LogP) is 3.89. The molecule has 0 aliphatic heterocycles. The second kappa shape index (κ2) is 6.99. The van der Waals surface area contributed by atoms with Crippen molar-refractivity contribution in [3.8, 4) is 0 Å². The summed E-state index contributed by atoms with van der Waals surface area (Å²) in [6, 6.07) is 10.7. The Morgan fingerprint density at radius 3 is 2.00 bits per heavy atom. The third kappa shape index (κ3) is 4.95. The van der Waals surface area contributed by atoms with E-state index in [9.17, 15) is 22.8 Å². The predicted molar refractivity (Wildman–Crippen MR) is 87.9 cm³/mol. The second-order valence-electron chi connectivity index (χ2n) is 4.49. The molecular weight excluding hydrogens is 424 g/mol. The molecule has 0 aromatic heterocycles. The molecule has 2 amide bonds. The molecule has 120 valence electrons. The van der Waals surface area contributed by atoms with Crippen molar-refractivity contribution in [2.45, 2.75) is 6.18 Å². The van der Waals surface area contributed by atoms with Gasteiger partial charge in [-0.2, -0.15) is 13.2 Å². The van der Waals surface area contributed by atoms with Crippen LogP contribution < -0.4 is 10.6 Å². The van der Waals surface area contributed by atoms with Crippen LogP contribution in [0.2, 0.25) is 0 Å². The molecule has 0 atom stereocenters. The van der Waals surface area contributed by atoms with Crippen molar-refractivity contribution in [2.24, 2.45) is 0 Å². The van der Waals surface area contributed by atoms with E-state index >= 15 is 0 Å². The van der Waals surface area contributed by atoms with E-state index in [0.29, 0.717) is 5.69 Å². The molecule has 0 saturated heterocycles. The molecule has 4 nitrogen and oxygen atoms in total. The number of carbonyl (C=O) groups excluding carboxylic acids is 2. The molecule has 0 aliphatic carbocycles. The Bertz CT molecular complexity index is 730. The SMILES string of the molecule is O=C(Nc1ccc(I)cc1)C(=O)Nc1cccc(C(F)(F)F)c1. The van der Waals surface area contributed by atoms with E-state index in [1.807, 2.05) is 0 Å². The van der Waals surface area contributed by atoms with E-state index in [4.69, 9.17) is 0 Å². The fraction of sp³-hybridized carbons (Fsp3) is 0.0667. The quantitative estimate of drug-likeness (QED) is 0.557. The molecule has 23 heavy (non-hydrogen) atoms. The van der Waals surface area contributed by atoms with Crippen LogP contribution in [-0.2, 0) is 15.8 Å². The van der Waals surface area contributed by atoms with Crippen LogP contribution in [0.15, 0.2) is 48.5 Å². The van der Waals surface area contributed by atoms with Crippen molar-refractivity contribution >= 4 is 45.8 Å². The monoisotopic (exact) mass is 434 g/mol. The molecule has 0 spiro atoms. The van der Waals surface area contributed by atoms with Gasteiger partial charge in [0.05, 0.1) is 5.56 Å². The highest BCUT2D eigenvalue weighted by molar-refractivity contribution is 14.1. The zero-order chi connectivity index (χ0) is 17.0. The van der Waals surface area contributed by atoms with E-state index in [-0.39, 0.29) is 5.69 Å². The van der Waals surface area contributed by atoms with Crippen molar-refractivity contribution in [3.05, 3.63) is 57.7 Å². The lowest BCUT2D eigenvalue weighted by molar-refractivity contribution is -0.137. The van der Waals surface area contributed by atoms with E-state index in [0.717, 1.165) is 21.8 Å². The molecule has 2 N–H and O–H groups in total. The minimum Gasteiger partial charge on any atom is -0.318 e. The topological polar surface area (TPSA) is 58.2 Å². The maximum atomic E-state index is 12.6. The van der Waals surface area contributed by atoms with Gasteiger partial charge in [0, 0.05) is 14.9 Å². The molecule has 0 saturated carbocycles. The van der Waals surface area contributed by atoms with Crippen LogP contribution >= 0.6 is 22.6 Å². The van der Waals surface area contributed by atoms with E-state index in [1.54, 1.807) is 24.3 Å². The van der Waals surface area contributed by atoms with Crippen LogP contribution in [0.4, 0.5) is 24.5 Å². The van der Waals surface area contributed by atoms with Crippen molar-refractivity contribution in [1.82, 2.24) is 0 Å². The first-order valence-corrected chi connectivity index (χ1v) is 7.39. The number of rotatable bonds is 2. The maximum Gasteiger partial charge on any atom is 0.416 e. The Kier molecular flexibility index (Phi) is 5.24. The first kappa shape index (κ1) is 17.3. The van der Waals surface area contributed by atoms with Crippen LogP contribution in [0, 0.1) is 3.57 Å². The van der Waals surface area contributed by atoms with Crippen molar-refractivity contribution in [2.75, 3.05) is 10.6 Å². The molecule has 0 radical (unpaired) electrons. The largest absolute Gasteiger partial charge is 0.416 e. The van der Waals surface area contributed by atoms with Gasteiger partial charge in [0.2, 0.25) is 0 Å². The van der Waals surface area contributed by atoms with Gasteiger partial charge in [0.15, 0.2) is 0 Å². The third-order valence-electron chi connectivity index (χ3n) is 2.76. The van der Waals surface area contributed by atoms with Gasteiger partial charge in [-0.1, -0.05) is 6.07 Å². The number of benzene rings is 2. The molecule has 0 unspecified atom stereocenters. The fourth-order valence-corrected chi connectivity index (χ4v) is 2.04. The van der Waals surface area contributed by atoms with Gasteiger partial charge in [-0.25, -0.2) is 0 Å². The number of hydrogen-bond donors (Lipinski definition) is 2. The van der Waals surface area contributed by atoms with Crippen LogP contribution in [-0.4, -0.2) is 11.8 Å². The van der Waals surface area contributed by atoms with Gasteiger partial charge in [-0.15, -0.1) is 0 Å². The second-order valence-corrected chi connectivity index (χ2v) is 5.74. The van der Waals surface area contributed by atoms with Gasteiger partial charge < -0.3 is 10.6 Å². The molecule has 0 fully saturated rings. The number of nitrogens with one attached hydrogen (secondary N) is 2. The van der Waals surface area contributed by atoms with Gasteiger partial charge in [-0.05, 0) is 65.1 Å². The lowest BCUT2D eigenvalue weighted by atomic mass is 10.2. The highest BCUT2D eigenvalue weighted by Gasteiger charge is 2.30. The van der Waals surface area contributed by atoms with E-state index in [1.165, 1.54) is 6.07 Å². The highest BCUT2D eigenvalue weighted by Crippen LogP contribution is 2.30. The van der Waals surface area contributed by atoms with Crippen LogP contribution in [0.25, 0.3) is 0 Å². The minimum absolute atomic E-state index is 0.109. The Morgan fingerprint density at radius 1 is 0.870 bits per heavy atom. The number of carbonyl (C=O) groups is 2. The normalized spacial score (nSPS) is 11.0. The maximum absolute atomic E-state index is 12.6. The summed E-state index contributed by atoms with van der Waals surface area (Å²) in [5, 5.41) is 4.49. The first-order valence-electron chi connectivity index (χ1n) is 6.31. The Balaban J connectivity index is 2.04. The molecule has 0 heterocycles. The van der Waals surface area contributed by atoms with Gasteiger partial charge >= 0.3 is 18.0 Å². The van der Waals surface area contributed by atoms with Crippen LogP contribution in [0.5, 0.6) is 0 Å². The summed E-state index contributed by atoms with van der Waals surface area (Å²) in [7, 11) is 0. The summed E-state index contributed by atoms with van der Waals surface area (Å²) in [5.74, 6) is -2.02. The summed E-state index contributed by atoms with van der Waals surface area (Å²) >= 11 is 2.08. The van der Waals surface area contributed by atoms with Crippen molar-refractivity contribution in [3.63, 3.8) is 0 Å². The molecule has 8 heteroatoms. The number of anilines is 2. The van der Waals surface area contributed by atoms with Gasteiger partial charge in [0.25, 0.3) is 0 Å². The number of hydrogen-bond acceptors (Lipinski definition) is 2. The molecular formula is C15H10F3IN2O2. The zero-order valence-corrected chi connectivity index (χ0v) is 13.6. The smallest absolute Gasteiger partial charge is 0.318 e. The van der Waals surface area contributed by atoms with E-state index in [2.05, 4.69) is 33.2 Å². The average molecular weight is 434 g/mol. The van der Waals surface area contributed by atoms with Gasteiger partial charge in [-0.3, -0.25) is 9.59 Å². The third-order valence-corrected chi connectivity index (χ3v) is 3.48. The van der Waals surface area contributed by atoms with Gasteiger partial charge in [0.1, 0.15) is 0 Å². The van der Waals surface area contributed by atoms with Crippen molar-refractivity contribution in [1.29, 1.82) is 0 Å². The summed E-state index contributed by atoms with van der Waals surface area (Å²) in [6.45, 7) is 0. The summed E-state index contributed by atoms with van der Waals surface area (Å²) in [4.78, 5) is 23.5. The highest BCUT2D eigenvalue weighted by atomic mass is 127. The van der Waals surface area contributed by atoms with Crippen molar-refractivity contribution < 1.29 is 22.8 Å².